The predicted octanol–water partition coefficient (Wildman–Crippen LogP) is 1.18. The van der Waals surface area contributed by atoms with E-state index in [9.17, 15) is 18.0 Å². The summed E-state index contributed by atoms with van der Waals surface area (Å²) in [6.45, 7) is 1.52. The highest BCUT2D eigenvalue weighted by molar-refractivity contribution is 7.91. The number of sulfone groups is 1. The summed E-state index contributed by atoms with van der Waals surface area (Å²) in [5, 5.41) is 0. The highest BCUT2D eigenvalue weighted by Gasteiger charge is 2.33. The number of hydrogen-bond acceptors (Lipinski definition) is 4. The van der Waals surface area contributed by atoms with E-state index in [4.69, 9.17) is 0 Å². The lowest BCUT2D eigenvalue weighted by atomic mass is 10.1. The Bertz CT molecular complexity index is 754. The van der Waals surface area contributed by atoms with Crippen LogP contribution in [0.2, 0.25) is 0 Å². The molecule has 2 aliphatic heterocycles. The summed E-state index contributed by atoms with van der Waals surface area (Å²) < 4.78 is 23.2. The van der Waals surface area contributed by atoms with Gasteiger partial charge in [0.1, 0.15) is 0 Å². The van der Waals surface area contributed by atoms with Crippen LogP contribution in [0, 0.1) is 0 Å². The Morgan fingerprint density at radius 1 is 1.17 bits per heavy atom. The maximum Gasteiger partial charge on any atom is 0.253 e. The molecule has 2 saturated heterocycles. The quantitative estimate of drug-likeness (QED) is 0.820. The van der Waals surface area contributed by atoms with Crippen LogP contribution in [0.1, 0.15) is 40.0 Å². The van der Waals surface area contributed by atoms with Crippen LogP contribution in [-0.4, -0.2) is 67.7 Å². The first-order chi connectivity index (χ1) is 11.4. The second-order valence-corrected chi connectivity index (χ2v) is 8.78. The fourth-order valence-electron chi connectivity index (χ4n) is 3.34. The van der Waals surface area contributed by atoms with Gasteiger partial charge in [-0.2, -0.15) is 0 Å². The van der Waals surface area contributed by atoms with Gasteiger partial charge < -0.3 is 9.80 Å². The molecule has 0 radical (unpaired) electrons. The molecule has 2 aliphatic rings. The summed E-state index contributed by atoms with van der Waals surface area (Å²) in [6.07, 6.45) is 2.50. The molecule has 0 spiro atoms. The Hall–Kier alpha value is -1.89. The van der Waals surface area contributed by atoms with E-state index in [0.717, 1.165) is 25.9 Å². The lowest BCUT2D eigenvalue weighted by Gasteiger charge is -2.24. The SMILES string of the molecule is CN(C(=O)c1cccc(C(=O)N2CCCC2)c1)C1CCS(=O)(=O)C1. The van der Waals surface area contributed by atoms with Gasteiger partial charge in [0.2, 0.25) is 0 Å². The zero-order valence-electron chi connectivity index (χ0n) is 13.8. The Labute approximate surface area is 142 Å². The number of benzene rings is 1. The van der Waals surface area contributed by atoms with Crippen molar-refractivity contribution < 1.29 is 18.0 Å². The molecule has 2 fully saturated rings. The molecule has 3 rings (SSSR count). The second kappa shape index (κ2) is 6.55. The van der Waals surface area contributed by atoms with Gasteiger partial charge in [-0.15, -0.1) is 0 Å². The minimum absolute atomic E-state index is 0.0155. The van der Waals surface area contributed by atoms with Crippen molar-refractivity contribution in [1.29, 1.82) is 0 Å². The zero-order chi connectivity index (χ0) is 17.3. The van der Waals surface area contributed by atoms with Crippen molar-refractivity contribution in [1.82, 2.24) is 9.80 Å². The maximum atomic E-state index is 12.6. The predicted molar refractivity (Wildman–Crippen MR) is 90.7 cm³/mol. The third-order valence-corrected chi connectivity index (χ3v) is 6.58. The smallest absolute Gasteiger partial charge is 0.253 e. The summed E-state index contributed by atoms with van der Waals surface area (Å²) in [5.41, 5.74) is 0.932. The van der Waals surface area contributed by atoms with Crippen molar-refractivity contribution in [2.75, 3.05) is 31.6 Å². The third kappa shape index (κ3) is 3.45. The molecule has 0 saturated carbocycles. The van der Waals surface area contributed by atoms with Crippen molar-refractivity contribution in [2.24, 2.45) is 0 Å². The molecular formula is C17H22N2O4S. The van der Waals surface area contributed by atoms with Gasteiger partial charge >= 0.3 is 0 Å². The van der Waals surface area contributed by atoms with E-state index in [-0.39, 0.29) is 29.4 Å². The molecule has 6 nitrogen and oxygen atoms in total. The number of rotatable bonds is 3. The van der Waals surface area contributed by atoms with E-state index in [0.29, 0.717) is 17.5 Å². The molecule has 0 bridgehead atoms. The summed E-state index contributed by atoms with van der Waals surface area (Å²) >= 11 is 0. The molecule has 0 aromatic heterocycles. The molecule has 7 heteroatoms. The van der Waals surface area contributed by atoms with E-state index in [1.165, 1.54) is 4.90 Å². The fraction of sp³-hybridized carbons (Fsp3) is 0.529. The van der Waals surface area contributed by atoms with E-state index >= 15 is 0 Å². The fourth-order valence-corrected chi connectivity index (χ4v) is 5.11. The number of nitrogens with zero attached hydrogens (tertiary/aromatic N) is 2. The van der Waals surface area contributed by atoms with Crippen molar-refractivity contribution in [3.8, 4) is 0 Å². The Balaban J connectivity index is 1.75. The lowest BCUT2D eigenvalue weighted by molar-refractivity contribution is 0.0747. The molecule has 2 amide bonds. The molecule has 1 atom stereocenters. The first-order valence-corrected chi connectivity index (χ1v) is 10.1. The van der Waals surface area contributed by atoms with Crippen molar-refractivity contribution >= 4 is 21.7 Å². The van der Waals surface area contributed by atoms with Crippen molar-refractivity contribution in [3.63, 3.8) is 0 Å². The molecule has 130 valence electrons. The van der Waals surface area contributed by atoms with Crippen molar-refractivity contribution in [2.45, 2.75) is 25.3 Å². The number of carbonyl (C=O) groups is 2. The Kier molecular flexibility index (Phi) is 4.62. The lowest BCUT2D eigenvalue weighted by Crippen LogP contribution is -2.38. The van der Waals surface area contributed by atoms with Gasteiger partial charge in [0.25, 0.3) is 11.8 Å². The van der Waals surface area contributed by atoms with Crippen molar-refractivity contribution in [3.05, 3.63) is 35.4 Å². The standard InChI is InChI=1S/C17H22N2O4S/c1-18(15-7-10-24(22,23)12-15)16(20)13-5-4-6-14(11-13)17(21)19-8-2-3-9-19/h4-6,11,15H,2-3,7-10,12H2,1H3. The minimum Gasteiger partial charge on any atom is -0.339 e. The molecular weight excluding hydrogens is 328 g/mol. The number of likely N-dealkylation sites (tertiary alicyclic amines) is 1. The van der Waals surface area contributed by atoms with Gasteiger partial charge in [0.05, 0.1) is 11.5 Å². The minimum atomic E-state index is -3.04. The topological polar surface area (TPSA) is 74.8 Å². The average Bonchev–Trinajstić information content (AvgIpc) is 3.22. The summed E-state index contributed by atoms with van der Waals surface area (Å²) in [7, 11) is -1.42. The number of hydrogen-bond donors (Lipinski definition) is 0. The van der Waals surface area contributed by atoms with E-state index in [2.05, 4.69) is 0 Å². The number of amides is 2. The van der Waals surface area contributed by atoms with E-state index < -0.39 is 9.84 Å². The molecule has 0 aliphatic carbocycles. The van der Waals surface area contributed by atoms with Crippen LogP contribution in [0.15, 0.2) is 24.3 Å². The van der Waals surface area contributed by atoms with Crippen LogP contribution < -0.4 is 0 Å². The highest BCUT2D eigenvalue weighted by Crippen LogP contribution is 2.20. The maximum absolute atomic E-state index is 12.6. The van der Waals surface area contributed by atoms with Crippen LogP contribution in [0.5, 0.6) is 0 Å². The molecule has 1 aromatic carbocycles. The monoisotopic (exact) mass is 350 g/mol. The van der Waals surface area contributed by atoms with Crippen LogP contribution in [-0.2, 0) is 9.84 Å². The molecule has 24 heavy (non-hydrogen) atoms. The normalized spacial score (nSPS) is 22.5. The summed E-state index contributed by atoms with van der Waals surface area (Å²) in [5.74, 6) is -0.147. The van der Waals surface area contributed by atoms with Crippen LogP contribution in [0.25, 0.3) is 0 Å². The van der Waals surface area contributed by atoms with Gasteiger partial charge in [-0.05, 0) is 37.5 Å². The first kappa shape index (κ1) is 17.0. The molecule has 1 unspecified atom stereocenters. The van der Waals surface area contributed by atoms with Crippen LogP contribution >= 0.6 is 0 Å². The molecule has 0 N–H and O–H groups in total. The average molecular weight is 350 g/mol. The molecule has 1 aromatic rings. The van der Waals surface area contributed by atoms with Gasteiger partial charge in [0.15, 0.2) is 9.84 Å². The number of carbonyl (C=O) groups excluding carboxylic acids is 2. The van der Waals surface area contributed by atoms with E-state index in [1.807, 2.05) is 0 Å². The van der Waals surface area contributed by atoms with E-state index in [1.54, 1.807) is 36.2 Å². The van der Waals surface area contributed by atoms with Crippen LogP contribution in [0.3, 0.4) is 0 Å². The largest absolute Gasteiger partial charge is 0.339 e. The zero-order valence-corrected chi connectivity index (χ0v) is 14.6. The summed E-state index contributed by atoms with van der Waals surface area (Å²) in [6, 6.07) is 6.42. The van der Waals surface area contributed by atoms with Gasteiger partial charge in [-0.1, -0.05) is 6.07 Å². The summed E-state index contributed by atoms with van der Waals surface area (Å²) in [4.78, 5) is 28.4. The van der Waals surface area contributed by atoms with Gasteiger partial charge in [0, 0.05) is 37.3 Å². The van der Waals surface area contributed by atoms with Gasteiger partial charge in [-0.3, -0.25) is 9.59 Å². The highest BCUT2D eigenvalue weighted by atomic mass is 32.2. The first-order valence-electron chi connectivity index (χ1n) is 8.24. The van der Waals surface area contributed by atoms with Gasteiger partial charge in [-0.25, -0.2) is 8.42 Å². The van der Waals surface area contributed by atoms with Crippen LogP contribution in [0.4, 0.5) is 0 Å². The third-order valence-electron chi connectivity index (χ3n) is 4.83. The Morgan fingerprint density at radius 3 is 2.46 bits per heavy atom. The molecule has 2 heterocycles. The second-order valence-electron chi connectivity index (χ2n) is 6.55. The Morgan fingerprint density at radius 2 is 1.83 bits per heavy atom.